The van der Waals surface area contributed by atoms with Gasteiger partial charge in [-0.25, -0.2) is 17.2 Å². The molecular weight excluding hydrogens is 585 g/mol. The number of nitrogens with one attached hydrogen (secondary N) is 2. The molecule has 0 fully saturated rings. The number of carbonyl (C=O) groups is 1. The standard InChI is InChI=1S/C21H15F2IN4O3S2/c1-11(13-9-8-12(22)10-15(13)23)25-21(29)14-4-2-5-16(24)19(14)28-33(30,31)18-7-3-6-17-20(18)27-32-26-17/h2-11,28H,1H3,(H,25,29)/t11-/m1/s1. The zero-order valence-electron chi connectivity index (χ0n) is 16.8. The third kappa shape index (κ3) is 4.82. The number of carbonyl (C=O) groups excluding carboxylic acids is 1. The van der Waals surface area contributed by atoms with Crippen LogP contribution in [0.15, 0.2) is 59.5 Å². The summed E-state index contributed by atoms with van der Waals surface area (Å²) in [5.41, 5.74) is 0.886. The van der Waals surface area contributed by atoms with Gasteiger partial charge in [-0.05, 0) is 59.8 Å². The second kappa shape index (κ2) is 9.27. The molecule has 0 saturated heterocycles. The van der Waals surface area contributed by atoms with Crippen LogP contribution < -0.4 is 10.0 Å². The van der Waals surface area contributed by atoms with Crippen LogP contribution in [0, 0.1) is 15.2 Å². The van der Waals surface area contributed by atoms with E-state index in [2.05, 4.69) is 18.8 Å². The first kappa shape index (κ1) is 23.4. The SMILES string of the molecule is C[C@@H](NC(=O)c1cccc(I)c1NS(=O)(=O)c1cccc2nsnc12)c1ccc(F)cc1F. The Kier molecular flexibility index (Phi) is 6.59. The highest BCUT2D eigenvalue weighted by Gasteiger charge is 2.25. The molecule has 1 aromatic heterocycles. The second-order valence-corrected chi connectivity index (χ2v) is 10.4. The molecule has 1 heterocycles. The Hall–Kier alpha value is -2.71. The van der Waals surface area contributed by atoms with E-state index in [0.717, 1.165) is 23.9 Å². The van der Waals surface area contributed by atoms with Crippen LogP contribution in [0.3, 0.4) is 0 Å². The van der Waals surface area contributed by atoms with Crippen LogP contribution in [0.5, 0.6) is 0 Å². The van der Waals surface area contributed by atoms with E-state index in [-0.39, 0.29) is 27.2 Å². The fourth-order valence-corrected chi connectivity index (χ4v) is 5.89. The summed E-state index contributed by atoms with van der Waals surface area (Å²) in [6.45, 7) is 1.54. The van der Waals surface area contributed by atoms with Crippen molar-refractivity contribution >= 4 is 67.0 Å². The van der Waals surface area contributed by atoms with Crippen LogP contribution in [0.2, 0.25) is 0 Å². The number of benzene rings is 3. The van der Waals surface area contributed by atoms with Crippen molar-refractivity contribution in [3.63, 3.8) is 0 Å². The summed E-state index contributed by atoms with van der Waals surface area (Å²) in [6, 6.07) is 11.6. The minimum Gasteiger partial charge on any atom is -0.345 e. The lowest BCUT2D eigenvalue weighted by molar-refractivity contribution is 0.0940. The normalized spacial score (nSPS) is 12.5. The molecule has 0 saturated carbocycles. The Morgan fingerprint density at radius 2 is 1.85 bits per heavy atom. The van der Waals surface area contributed by atoms with Crippen molar-refractivity contribution in [2.24, 2.45) is 0 Å². The van der Waals surface area contributed by atoms with Gasteiger partial charge in [0, 0.05) is 15.2 Å². The number of anilines is 1. The van der Waals surface area contributed by atoms with Gasteiger partial charge in [0.2, 0.25) is 0 Å². The average molecular weight is 600 g/mol. The van der Waals surface area contributed by atoms with Gasteiger partial charge < -0.3 is 5.32 Å². The van der Waals surface area contributed by atoms with E-state index in [4.69, 9.17) is 0 Å². The summed E-state index contributed by atoms with van der Waals surface area (Å²) in [4.78, 5) is 12.9. The fourth-order valence-electron chi connectivity index (χ4n) is 3.21. The van der Waals surface area contributed by atoms with Crippen molar-refractivity contribution in [2.75, 3.05) is 4.72 Å². The molecule has 0 spiro atoms. The van der Waals surface area contributed by atoms with Gasteiger partial charge in [-0.15, -0.1) is 0 Å². The number of fused-ring (bicyclic) bond motifs is 1. The topological polar surface area (TPSA) is 101 Å². The van der Waals surface area contributed by atoms with Crippen molar-refractivity contribution < 1.29 is 22.0 Å². The molecule has 0 aliphatic heterocycles. The molecular formula is C21H15F2IN4O3S2. The minimum absolute atomic E-state index is 0.0448. The van der Waals surface area contributed by atoms with Crippen molar-refractivity contribution in [3.05, 3.63) is 80.9 Å². The number of nitrogens with zero attached hydrogens (tertiary/aromatic N) is 2. The van der Waals surface area contributed by atoms with Crippen LogP contribution in [0.1, 0.15) is 28.9 Å². The molecule has 0 aliphatic rings. The van der Waals surface area contributed by atoms with Gasteiger partial charge in [-0.2, -0.15) is 8.75 Å². The number of sulfonamides is 1. The van der Waals surface area contributed by atoms with E-state index >= 15 is 0 Å². The molecule has 4 aromatic rings. The van der Waals surface area contributed by atoms with Gasteiger partial charge in [-0.1, -0.05) is 18.2 Å². The molecule has 7 nitrogen and oxygen atoms in total. The van der Waals surface area contributed by atoms with Gasteiger partial charge in [0.1, 0.15) is 27.6 Å². The van der Waals surface area contributed by atoms with Gasteiger partial charge in [0.15, 0.2) is 0 Å². The highest BCUT2D eigenvalue weighted by Crippen LogP contribution is 2.29. The van der Waals surface area contributed by atoms with Crippen molar-refractivity contribution in [2.45, 2.75) is 17.9 Å². The number of halogens is 3. The quantitative estimate of drug-likeness (QED) is 0.308. The Morgan fingerprint density at radius 1 is 1.09 bits per heavy atom. The maximum absolute atomic E-state index is 14.1. The van der Waals surface area contributed by atoms with E-state index in [0.29, 0.717) is 9.09 Å². The minimum atomic E-state index is -4.11. The first-order valence-corrected chi connectivity index (χ1v) is 12.7. The molecule has 12 heteroatoms. The number of hydrogen-bond donors (Lipinski definition) is 2. The first-order valence-electron chi connectivity index (χ1n) is 9.46. The average Bonchev–Trinajstić information content (AvgIpc) is 3.23. The lowest BCUT2D eigenvalue weighted by Crippen LogP contribution is -2.29. The number of amides is 1. The lowest BCUT2D eigenvalue weighted by atomic mass is 10.1. The smallest absolute Gasteiger partial charge is 0.264 e. The number of para-hydroxylation sites is 1. The third-order valence-corrected chi connectivity index (χ3v) is 7.63. The van der Waals surface area contributed by atoms with Crippen LogP contribution in [0.4, 0.5) is 14.5 Å². The largest absolute Gasteiger partial charge is 0.345 e. The first-order chi connectivity index (χ1) is 15.7. The molecule has 1 amide bonds. The van der Waals surface area contributed by atoms with Crippen LogP contribution in [0.25, 0.3) is 11.0 Å². The van der Waals surface area contributed by atoms with Gasteiger partial charge >= 0.3 is 0 Å². The van der Waals surface area contributed by atoms with Crippen molar-refractivity contribution in [1.29, 1.82) is 0 Å². The van der Waals surface area contributed by atoms with Crippen LogP contribution >= 0.6 is 34.3 Å². The molecule has 0 aliphatic carbocycles. The molecule has 170 valence electrons. The Morgan fingerprint density at radius 3 is 2.61 bits per heavy atom. The Bertz CT molecular complexity index is 1480. The molecule has 33 heavy (non-hydrogen) atoms. The molecule has 2 N–H and O–H groups in total. The number of rotatable bonds is 6. The number of aromatic nitrogens is 2. The molecule has 4 rings (SSSR count). The van der Waals surface area contributed by atoms with E-state index in [1.54, 1.807) is 31.2 Å². The van der Waals surface area contributed by atoms with Gasteiger partial charge in [-0.3, -0.25) is 9.52 Å². The summed E-state index contributed by atoms with van der Waals surface area (Å²) < 4.78 is 64.7. The fraction of sp³-hybridized carbons (Fsp3) is 0.0952. The second-order valence-electron chi connectivity index (χ2n) is 7.02. The summed E-state index contributed by atoms with van der Waals surface area (Å²) >= 11 is 2.81. The van der Waals surface area contributed by atoms with Crippen LogP contribution in [-0.4, -0.2) is 23.1 Å². The predicted molar refractivity (Wildman–Crippen MR) is 130 cm³/mol. The van der Waals surface area contributed by atoms with E-state index in [1.807, 2.05) is 22.6 Å². The van der Waals surface area contributed by atoms with Gasteiger partial charge in [0.25, 0.3) is 15.9 Å². The monoisotopic (exact) mass is 600 g/mol. The molecule has 0 radical (unpaired) electrons. The third-order valence-electron chi connectivity index (χ3n) is 4.81. The highest BCUT2D eigenvalue weighted by atomic mass is 127. The summed E-state index contributed by atoms with van der Waals surface area (Å²) in [5.74, 6) is -2.15. The van der Waals surface area contributed by atoms with E-state index < -0.39 is 33.6 Å². The molecule has 0 bridgehead atoms. The predicted octanol–water partition coefficient (Wildman–Crippen LogP) is 4.87. The maximum atomic E-state index is 14.1. The summed E-state index contributed by atoms with van der Waals surface area (Å²) in [6.07, 6.45) is 0. The van der Waals surface area contributed by atoms with E-state index in [9.17, 15) is 22.0 Å². The summed E-state index contributed by atoms with van der Waals surface area (Å²) in [5, 5.41) is 2.63. The van der Waals surface area contributed by atoms with Crippen molar-refractivity contribution in [1.82, 2.24) is 14.1 Å². The molecule has 0 unspecified atom stereocenters. The number of hydrogen-bond acceptors (Lipinski definition) is 6. The summed E-state index contributed by atoms with van der Waals surface area (Å²) in [7, 11) is -4.11. The van der Waals surface area contributed by atoms with Gasteiger partial charge in [0.05, 0.1) is 29.0 Å². The highest BCUT2D eigenvalue weighted by molar-refractivity contribution is 14.1. The Labute approximate surface area is 205 Å². The van der Waals surface area contributed by atoms with Crippen LogP contribution in [-0.2, 0) is 10.0 Å². The van der Waals surface area contributed by atoms with Crippen molar-refractivity contribution in [3.8, 4) is 0 Å². The lowest BCUT2D eigenvalue weighted by Gasteiger charge is -2.18. The Balaban J connectivity index is 1.66. The molecule has 3 aromatic carbocycles. The zero-order valence-corrected chi connectivity index (χ0v) is 20.6. The maximum Gasteiger partial charge on any atom is 0.264 e. The molecule has 1 atom stereocenters. The zero-order chi connectivity index (χ0) is 23.8. The van der Waals surface area contributed by atoms with E-state index in [1.165, 1.54) is 18.2 Å².